The van der Waals surface area contributed by atoms with Crippen LogP contribution in [-0.2, 0) is 6.54 Å². The van der Waals surface area contributed by atoms with Crippen LogP contribution in [0.25, 0.3) is 0 Å². The van der Waals surface area contributed by atoms with Crippen molar-refractivity contribution < 1.29 is 9.21 Å². The predicted molar refractivity (Wildman–Crippen MR) is 140 cm³/mol. The van der Waals surface area contributed by atoms with E-state index in [1.807, 2.05) is 29.2 Å². The zero-order valence-corrected chi connectivity index (χ0v) is 21.4. The summed E-state index contributed by atoms with van der Waals surface area (Å²) in [5, 5.41) is 5.33. The highest BCUT2D eigenvalue weighted by Crippen LogP contribution is 2.26. The van der Waals surface area contributed by atoms with E-state index in [1.54, 1.807) is 23.2 Å². The van der Waals surface area contributed by atoms with E-state index in [-0.39, 0.29) is 16.5 Å². The van der Waals surface area contributed by atoms with E-state index in [0.717, 1.165) is 36.9 Å². The van der Waals surface area contributed by atoms with Crippen LogP contribution in [0.3, 0.4) is 0 Å². The topological polar surface area (TPSA) is 78.1 Å². The summed E-state index contributed by atoms with van der Waals surface area (Å²) < 4.78 is 6.65. The fourth-order valence-corrected chi connectivity index (χ4v) is 5.22. The van der Waals surface area contributed by atoms with E-state index < -0.39 is 0 Å². The van der Waals surface area contributed by atoms with Crippen molar-refractivity contribution in [2.24, 2.45) is 0 Å². The first-order valence-electron chi connectivity index (χ1n) is 12.1. The lowest BCUT2D eigenvalue weighted by atomic mass is 10.2. The Balaban J connectivity index is 1.14. The molecule has 5 rings (SSSR count). The van der Waals surface area contributed by atoms with Gasteiger partial charge >= 0.3 is 0 Å². The van der Waals surface area contributed by atoms with Crippen LogP contribution in [0, 0.1) is 0 Å². The molecule has 2 saturated heterocycles. The average molecular weight is 531 g/mol. The van der Waals surface area contributed by atoms with Gasteiger partial charge in [-0.15, -0.1) is 0 Å². The van der Waals surface area contributed by atoms with Gasteiger partial charge in [0.15, 0.2) is 5.76 Å². The maximum Gasteiger partial charge on any atom is 0.289 e. The van der Waals surface area contributed by atoms with Gasteiger partial charge in [-0.1, -0.05) is 35.3 Å². The van der Waals surface area contributed by atoms with Crippen molar-refractivity contribution in [1.29, 1.82) is 0 Å². The van der Waals surface area contributed by atoms with Crippen LogP contribution in [0.5, 0.6) is 0 Å². The Hall–Kier alpha value is -3.01. The molecular formula is C25H28Cl2N6O3. The van der Waals surface area contributed by atoms with Gasteiger partial charge in [0.2, 0.25) is 0 Å². The molecule has 36 heavy (non-hydrogen) atoms. The summed E-state index contributed by atoms with van der Waals surface area (Å²) in [4.78, 5) is 33.8. The van der Waals surface area contributed by atoms with Gasteiger partial charge in [0.1, 0.15) is 5.02 Å². The van der Waals surface area contributed by atoms with Crippen LogP contribution in [0.2, 0.25) is 10.0 Å². The van der Waals surface area contributed by atoms with Crippen molar-refractivity contribution in [2.45, 2.75) is 6.54 Å². The molecule has 1 aromatic carbocycles. The number of carbonyl (C=O) groups is 1. The number of rotatable bonds is 6. The van der Waals surface area contributed by atoms with Crippen molar-refractivity contribution in [3.8, 4) is 0 Å². The third-order valence-corrected chi connectivity index (χ3v) is 7.47. The van der Waals surface area contributed by atoms with Crippen LogP contribution in [0.1, 0.15) is 10.6 Å². The molecule has 2 aromatic heterocycles. The minimum Gasteiger partial charge on any atom is -0.459 e. The van der Waals surface area contributed by atoms with Crippen LogP contribution in [0.4, 0.5) is 11.4 Å². The number of carbonyl (C=O) groups excluding carboxylic acids is 1. The molecule has 3 aromatic rings. The SMILES string of the molecule is O=C(c1ccco1)N1CCN(c2cnn(CCN3CCN(c4ccccc4Cl)CC3)c(=O)c2Cl)CC1. The number of nitrogens with zero attached hydrogens (tertiary/aromatic N) is 6. The standard InChI is InChI=1S/C25H28Cl2N6O3/c26-19-4-1-2-5-20(19)30-10-7-29(8-11-30)9-16-33-25(35)23(27)21(18-28-33)31-12-14-32(15-13-31)24(34)22-6-3-17-36-22/h1-6,17-18H,7-16H2. The van der Waals surface area contributed by atoms with E-state index in [9.17, 15) is 9.59 Å². The molecule has 0 unspecified atom stereocenters. The van der Waals surface area contributed by atoms with Gasteiger partial charge in [0.25, 0.3) is 11.5 Å². The minimum absolute atomic E-state index is 0.132. The number of para-hydroxylation sites is 1. The highest BCUT2D eigenvalue weighted by molar-refractivity contribution is 6.33. The summed E-state index contributed by atoms with van der Waals surface area (Å²) in [6, 6.07) is 11.3. The minimum atomic E-state index is -0.294. The molecule has 2 fully saturated rings. The molecular weight excluding hydrogens is 503 g/mol. The quantitative estimate of drug-likeness (QED) is 0.484. The molecule has 0 radical (unpaired) electrons. The Morgan fingerprint density at radius 3 is 2.25 bits per heavy atom. The smallest absolute Gasteiger partial charge is 0.289 e. The Labute approximate surface area is 219 Å². The number of furan rings is 1. The number of hydrogen-bond donors (Lipinski definition) is 0. The number of hydrogen-bond acceptors (Lipinski definition) is 7. The molecule has 0 bridgehead atoms. The second-order valence-corrected chi connectivity index (χ2v) is 9.69. The first kappa shape index (κ1) is 24.7. The van der Waals surface area contributed by atoms with Crippen molar-refractivity contribution in [2.75, 3.05) is 68.7 Å². The summed E-state index contributed by atoms with van der Waals surface area (Å²) >= 11 is 12.8. The van der Waals surface area contributed by atoms with Gasteiger partial charge < -0.3 is 19.1 Å². The first-order valence-corrected chi connectivity index (χ1v) is 12.8. The molecule has 2 aliphatic rings. The highest BCUT2D eigenvalue weighted by Gasteiger charge is 2.26. The lowest BCUT2D eigenvalue weighted by molar-refractivity contribution is 0.0714. The maximum atomic E-state index is 12.9. The molecule has 11 heteroatoms. The van der Waals surface area contributed by atoms with Crippen LogP contribution in [-0.4, -0.2) is 84.4 Å². The van der Waals surface area contributed by atoms with Crippen molar-refractivity contribution in [3.63, 3.8) is 0 Å². The monoisotopic (exact) mass is 530 g/mol. The molecule has 9 nitrogen and oxygen atoms in total. The second kappa shape index (κ2) is 10.9. The predicted octanol–water partition coefficient (Wildman–Crippen LogP) is 2.93. The van der Waals surface area contributed by atoms with Crippen molar-refractivity contribution >= 4 is 40.5 Å². The molecule has 0 aliphatic carbocycles. The highest BCUT2D eigenvalue weighted by atomic mass is 35.5. The summed E-state index contributed by atoms with van der Waals surface area (Å²) in [5.41, 5.74) is 1.37. The van der Waals surface area contributed by atoms with E-state index in [4.69, 9.17) is 27.6 Å². The molecule has 0 saturated carbocycles. The van der Waals surface area contributed by atoms with Crippen LogP contribution in [0.15, 0.2) is 58.1 Å². The summed E-state index contributed by atoms with van der Waals surface area (Å²) in [6.07, 6.45) is 3.15. The van der Waals surface area contributed by atoms with Crippen LogP contribution >= 0.6 is 23.2 Å². The van der Waals surface area contributed by atoms with E-state index in [0.29, 0.717) is 50.7 Å². The molecule has 190 valence electrons. The lowest BCUT2D eigenvalue weighted by Crippen LogP contribution is -2.49. The number of aromatic nitrogens is 2. The van der Waals surface area contributed by atoms with Gasteiger partial charge in [0, 0.05) is 58.9 Å². The zero-order valence-electron chi connectivity index (χ0n) is 19.9. The van der Waals surface area contributed by atoms with Gasteiger partial charge in [-0.05, 0) is 24.3 Å². The van der Waals surface area contributed by atoms with Gasteiger partial charge in [-0.25, -0.2) is 4.68 Å². The third kappa shape index (κ3) is 5.23. The summed E-state index contributed by atoms with van der Waals surface area (Å²) in [7, 11) is 0. The lowest BCUT2D eigenvalue weighted by Gasteiger charge is -2.36. The zero-order chi connectivity index (χ0) is 25.1. The van der Waals surface area contributed by atoms with Gasteiger partial charge in [-0.3, -0.25) is 14.5 Å². The molecule has 0 N–H and O–H groups in total. The molecule has 1 amide bonds. The van der Waals surface area contributed by atoms with Crippen LogP contribution < -0.4 is 15.4 Å². The number of amides is 1. The van der Waals surface area contributed by atoms with E-state index in [1.165, 1.54) is 10.9 Å². The molecule has 4 heterocycles. The molecule has 2 aliphatic heterocycles. The number of benzene rings is 1. The van der Waals surface area contributed by atoms with Gasteiger partial charge in [-0.2, -0.15) is 5.10 Å². The Morgan fingerprint density at radius 1 is 0.861 bits per heavy atom. The fourth-order valence-electron chi connectivity index (χ4n) is 4.70. The Morgan fingerprint density at radius 2 is 1.56 bits per heavy atom. The van der Waals surface area contributed by atoms with Gasteiger partial charge in [0.05, 0.1) is 35.4 Å². The van der Waals surface area contributed by atoms with E-state index in [2.05, 4.69) is 14.9 Å². The second-order valence-electron chi connectivity index (χ2n) is 8.91. The van der Waals surface area contributed by atoms with E-state index >= 15 is 0 Å². The largest absolute Gasteiger partial charge is 0.459 e. The summed E-state index contributed by atoms with van der Waals surface area (Å²) in [5.74, 6) is 0.197. The summed E-state index contributed by atoms with van der Waals surface area (Å²) in [6.45, 7) is 6.85. The number of piperazine rings is 2. The Kier molecular flexibility index (Phi) is 7.50. The third-order valence-electron chi connectivity index (χ3n) is 6.80. The maximum absolute atomic E-state index is 12.9. The fraction of sp³-hybridized carbons (Fsp3) is 0.400. The molecule has 0 atom stereocenters. The normalized spacial score (nSPS) is 17.0. The Bertz CT molecular complexity index is 1250. The van der Waals surface area contributed by atoms with Crippen molar-refractivity contribution in [1.82, 2.24) is 19.6 Å². The number of halogens is 2. The number of anilines is 2. The van der Waals surface area contributed by atoms with Crippen molar-refractivity contribution in [3.05, 3.63) is 75.0 Å². The average Bonchev–Trinajstić information content (AvgIpc) is 3.45. The molecule has 0 spiro atoms. The first-order chi connectivity index (χ1) is 17.5.